The van der Waals surface area contributed by atoms with E-state index in [1.807, 2.05) is 102 Å². The summed E-state index contributed by atoms with van der Waals surface area (Å²) in [5.74, 6) is 0. The van der Waals surface area contributed by atoms with Crippen LogP contribution in [-0.2, 0) is 0 Å². The van der Waals surface area contributed by atoms with E-state index in [4.69, 9.17) is 0 Å². The summed E-state index contributed by atoms with van der Waals surface area (Å²) in [6.07, 6.45) is 9.42. The fraction of sp³-hybridized carbons (Fsp3) is 0. The van der Waals surface area contributed by atoms with Crippen LogP contribution in [0.15, 0.2) is 122 Å². The summed E-state index contributed by atoms with van der Waals surface area (Å²) in [7, 11) is -2.80. The van der Waals surface area contributed by atoms with Gasteiger partial charge in [0.05, 0.1) is 46.9 Å². The normalized spacial score (nSPS) is 12.3. The number of benzene rings is 3. The molecule has 0 aliphatic carbocycles. The zero-order valence-electron chi connectivity index (χ0n) is 20.2. The second kappa shape index (κ2) is 7.93. The molecule has 0 spiro atoms. The Morgan fingerprint density at radius 3 is 1.82 bits per heavy atom. The summed E-state index contributed by atoms with van der Waals surface area (Å²) in [6.45, 7) is 0. The highest BCUT2D eigenvalue weighted by atomic mass is 31.2. The monoisotopic (exact) mass is 510 g/mol. The molecule has 180 valence electrons. The minimum atomic E-state index is -2.80. The molecule has 5 aromatic heterocycles. The highest BCUT2D eigenvalue weighted by molar-refractivity contribution is 7.91. The van der Waals surface area contributed by atoms with E-state index in [0.29, 0.717) is 0 Å². The van der Waals surface area contributed by atoms with E-state index in [1.165, 1.54) is 0 Å². The molecule has 7 heteroatoms. The molecule has 0 saturated heterocycles. The first-order chi connectivity index (χ1) is 18.7. The lowest BCUT2D eigenvalue weighted by molar-refractivity contribution is 0.633. The van der Waals surface area contributed by atoms with E-state index in [-0.39, 0.29) is 0 Å². The van der Waals surface area contributed by atoms with Crippen molar-refractivity contribution in [1.29, 1.82) is 0 Å². The van der Waals surface area contributed by atoms with Crippen LogP contribution in [0.1, 0.15) is 0 Å². The number of hydrogen-bond acceptors (Lipinski definition) is 4. The predicted octanol–water partition coefficient (Wildman–Crippen LogP) is 5.01. The van der Waals surface area contributed by atoms with Gasteiger partial charge in [-0.1, -0.05) is 36.4 Å². The molecule has 0 fully saturated rings. The van der Waals surface area contributed by atoms with Crippen LogP contribution in [0.4, 0.5) is 0 Å². The summed E-state index contributed by atoms with van der Waals surface area (Å²) < 4.78 is 4.15. The lowest BCUT2D eigenvalue weighted by Gasteiger charge is -2.20. The SMILES string of the molecule is O[P+](c1ccccc1)(c1ccccc1)c1ccc(-n2c3cncc4c3c3c2cncc3n2nccc42)cc1. The Labute approximate surface area is 218 Å². The van der Waals surface area contributed by atoms with Crippen LogP contribution < -0.4 is 15.9 Å². The van der Waals surface area contributed by atoms with Crippen LogP contribution in [0.2, 0.25) is 0 Å². The molecule has 38 heavy (non-hydrogen) atoms. The Hall–Kier alpha value is -4.64. The van der Waals surface area contributed by atoms with Gasteiger partial charge in [-0.05, 0) is 54.6 Å². The van der Waals surface area contributed by atoms with Gasteiger partial charge < -0.3 is 4.57 Å². The second-order valence-electron chi connectivity index (χ2n) is 9.42. The van der Waals surface area contributed by atoms with Gasteiger partial charge in [-0.25, -0.2) is 9.41 Å². The average molecular weight is 511 g/mol. The molecule has 0 aliphatic heterocycles. The molecular weight excluding hydrogens is 489 g/mol. The van der Waals surface area contributed by atoms with Gasteiger partial charge in [0.1, 0.15) is 15.9 Å². The van der Waals surface area contributed by atoms with Crippen LogP contribution in [0, 0.1) is 0 Å². The molecule has 0 saturated carbocycles. The molecule has 0 unspecified atom stereocenters. The zero-order valence-corrected chi connectivity index (χ0v) is 21.1. The summed E-state index contributed by atoms with van der Waals surface area (Å²) in [6, 6.07) is 30.2. The third-order valence-electron chi connectivity index (χ3n) is 7.45. The van der Waals surface area contributed by atoms with Gasteiger partial charge in [-0.2, -0.15) is 5.10 Å². The maximum atomic E-state index is 12.3. The minimum Gasteiger partial charge on any atom is -0.306 e. The summed E-state index contributed by atoms with van der Waals surface area (Å²) in [5, 5.41) is 10.7. The van der Waals surface area contributed by atoms with Crippen LogP contribution in [0.5, 0.6) is 0 Å². The van der Waals surface area contributed by atoms with Crippen molar-refractivity contribution < 1.29 is 4.89 Å². The number of aromatic nitrogens is 5. The Kier molecular flexibility index (Phi) is 4.47. The van der Waals surface area contributed by atoms with E-state index < -0.39 is 7.49 Å². The first-order valence-corrected chi connectivity index (χ1v) is 14.1. The van der Waals surface area contributed by atoms with Crippen molar-refractivity contribution in [3.05, 3.63) is 122 Å². The number of fused-ring (bicyclic) bond motifs is 3. The van der Waals surface area contributed by atoms with Crippen molar-refractivity contribution in [2.24, 2.45) is 0 Å². The molecule has 0 bridgehead atoms. The van der Waals surface area contributed by atoms with Crippen LogP contribution >= 0.6 is 7.49 Å². The highest BCUT2D eigenvalue weighted by Crippen LogP contribution is 2.51. The third kappa shape index (κ3) is 2.81. The van der Waals surface area contributed by atoms with E-state index in [2.05, 4.69) is 43.9 Å². The molecule has 3 aromatic carbocycles. The van der Waals surface area contributed by atoms with Crippen molar-refractivity contribution in [1.82, 2.24) is 24.1 Å². The maximum absolute atomic E-state index is 12.3. The fourth-order valence-corrected chi connectivity index (χ4v) is 8.44. The van der Waals surface area contributed by atoms with Gasteiger partial charge in [-0.15, -0.1) is 0 Å². The first-order valence-electron chi connectivity index (χ1n) is 12.4. The van der Waals surface area contributed by atoms with Crippen LogP contribution in [0.3, 0.4) is 0 Å². The van der Waals surface area contributed by atoms with E-state index in [0.717, 1.165) is 59.8 Å². The van der Waals surface area contributed by atoms with Gasteiger partial charge in [0.25, 0.3) is 0 Å². The topological polar surface area (TPSA) is 68.2 Å². The number of rotatable bonds is 4. The average Bonchev–Trinajstić information content (AvgIpc) is 3.62. The van der Waals surface area contributed by atoms with Crippen LogP contribution in [-0.4, -0.2) is 29.0 Å². The Morgan fingerprint density at radius 1 is 0.553 bits per heavy atom. The molecule has 0 amide bonds. The van der Waals surface area contributed by atoms with Gasteiger partial charge >= 0.3 is 0 Å². The molecule has 1 N–H and O–H groups in total. The second-order valence-corrected chi connectivity index (χ2v) is 12.2. The molecule has 0 aliphatic rings. The van der Waals surface area contributed by atoms with E-state index >= 15 is 0 Å². The van der Waals surface area contributed by atoms with Gasteiger partial charge in [-0.3, -0.25) is 9.97 Å². The largest absolute Gasteiger partial charge is 0.306 e. The van der Waals surface area contributed by atoms with Gasteiger partial charge in [0.15, 0.2) is 0 Å². The standard InChI is InChI=1S/C31H21N5OP/c37-38(22-7-3-1-4-8-22,23-9-5-2-6-10-23)24-13-11-21(12-14-24)35-27-18-32-17-25-26-15-16-34-36(26)29-20-33-19-28(35)31(29)30(25)27/h1-20,37H/q+1. The smallest absolute Gasteiger partial charge is 0.238 e. The van der Waals surface area contributed by atoms with E-state index in [1.54, 1.807) is 0 Å². The summed E-state index contributed by atoms with van der Waals surface area (Å²) >= 11 is 0. The number of pyridine rings is 3. The minimum absolute atomic E-state index is 0.904. The zero-order chi connectivity index (χ0) is 25.3. The summed E-state index contributed by atoms with van der Waals surface area (Å²) in [5.41, 5.74) is 4.98. The first kappa shape index (κ1) is 21.4. The molecule has 8 aromatic rings. The molecular formula is C31H21N5OP+. The highest BCUT2D eigenvalue weighted by Gasteiger charge is 2.44. The Bertz CT molecular complexity index is 1960. The van der Waals surface area contributed by atoms with Crippen molar-refractivity contribution in [3.63, 3.8) is 0 Å². The lowest BCUT2D eigenvalue weighted by atomic mass is 10.1. The molecule has 5 heterocycles. The summed E-state index contributed by atoms with van der Waals surface area (Å²) in [4.78, 5) is 21.5. The third-order valence-corrected chi connectivity index (χ3v) is 10.6. The Morgan fingerprint density at radius 2 is 1.13 bits per heavy atom. The molecule has 0 radical (unpaired) electrons. The maximum Gasteiger partial charge on any atom is 0.238 e. The fourth-order valence-electron chi connectivity index (χ4n) is 5.76. The van der Waals surface area contributed by atoms with Gasteiger partial charge in [0.2, 0.25) is 7.49 Å². The van der Waals surface area contributed by atoms with Crippen molar-refractivity contribution in [2.75, 3.05) is 0 Å². The molecule has 8 rings (SSSR count). The predicted molar refractivity (Wildman–Crippen MR) is 155 cm³/mol. The quantitative estimate of drug-likeness (QED) is 0.267. The molecule has 0 atom stereocenters. The Balaban J connectivity index is 1.37. The van der Waals surface area contributed by atoms with Crippen molar-refractivity contribution >= 4 is 61.6 Å². The number of nitrogens with zero attached hydrogens (tertiary/aromatic N) is 5. The number of hydrogen-bond donors (Lipinski definition) is 1. The van der Waals surface area contributed by atoms with Gasteiger partial charge in [0, 0.05) is 28.0 Å². The van der Waals surface area contributed by atoms with Crippen LogP contribution in [0.25, 0.3) is 43.9 Å². The molecule has 6 nitrogen and oxygen atoms in total. The lowest BCUT2D eigenvalue weighted by Crippen LogP contribution is -2.30. The van der Waals surface area contributed by atoms with Crippen molar-refractivity contribution in [3.8, 4) is 5.69 Å². The van der Waals surface area contributed by atoms with Crippen molar-refractivity contribution in [2.45, 2.75) is 0 Å². The van der Waals surface area contributed by atoms with E-state index in [9.17, 15) is 4.89 Å².